The SMILES string of the molecule is CC(C)(C)OC(=O)NC1CCN(c2nc(Cl)c(C#N)c(C3CC3)c2C#N)C1. The second kappa shape index (κ2) is 7.25. The fourth-order valence-electron chi connectivity index (χ4n) is 3.33. The number of nitriles is 2. The number of nitrogens with one attached hydrogen (secondary N) is 1. The van der Waals surface area contributed by atoms with Crippen molar-refractivity contribution in [1.82, 2.24) is 10.3 Å². The van der Waals surface area contributed by atoms with Crippen LogP contribution in [0.15, 0.2) is 0 Å². The molecule has 0 bridgehead atoms. The smallest absolute Gasteiger partial charge is 0.407 e. The Hall–Kier alpha value is -2.51. The lowest BCUT2D eigenvalue weighted by molar-refractivity contribution is 0.0509. The number of rotatable bonds is 3. The number of hydrogen-bond acceptors (Lipinski definition) is 6. The van der Waals surface area contributed by atoms with Gasteiger partial charge in [-0.3, -0.25) is 0 Å². The molecule has 3 rings (SSSR count). The average Bonchev–Trinajstić information content (AvgIpc) is 3.31. The van der Waals surface area contributed by atoms with Crippen molar-refractivity contribution < 1.29 is 9.53 Å². The average molecular weight is 388 g/mol. The van der Waals surface area contributed by atoms with E-state index < -0.39 is 11.7 Å². The first-order chi connectivity index (χ1) is 12.7. The summed E-state index contributed by atoms with van der Waals surface area (Å²) in [5.74, 6) is 0.698. The molecule has 2 aliphatic rings. The zero-order valence-electron chi connectivity index (χ0n) is 15.7. The van der Waals surface area contributed by atoms with Gasteiger partial charge in [-0.2, -0.15) is 10.5 Å². The molecule has 1 unspecified atom stereocenters. The van der Waals surface area contributed by atoms with E-state index in [4.69, 9.17) is 16.3 Å². The third-order valence-electron chi connectivity index (χ3n) is 4.59. The first kappa shape index (κ1) is 19.3. The van der Waals surface area contributed by atoms with E-state index in [1.54, 1.807) is 0 Å². The van der Waals surface area contributed by atoms with Crippen molar-refractivity contribution >= 4 is 23.5 Å². The van der Waals surface area contributed by atoms with Crippen molar-refractivity contribution in [3.63, 3.8) is 0 Å². The summed E-state index contributed by atoms with van der Waals surface area (Å²) in [6.07, 6.45) is 2.15. The highest BCUT2D eigenvalue weighted by atomic mass is 35.5. The third kappa shape index (κ3) is 4.26. The minimum Gasteiger partial charge on any atom is -0.444 e. The molecule has 7 nitrogen and oxygen atoms in total. The van der Waals surface area contributed by atoms with Crippen LogP contribution in [-0.2, 0) is 4.74 Å². The summed E-state index contributed by atoms with van der Waals surface area (Å²) in [6, 6.07) is 4.22. The highest BCUT2D eigenvalue weighted by molar-refractivity contribution is 6.30. The van der Waals surface area contributed by atoms with Crippen LogP contribution in [0.1, 0.15) is 62.6 Å². The van der Waals surface area contributed by atoms with E-state index in [-0.39, 0.29) is 17.1 Å². The summed E-state index contributed by atoms with van der Waals surface area (Å²) < 4.78 is 5.30. The summed E-state index contributed by atoms with van der Waals surface area (Å²) in [6.45, 7) is 6.58. The maximum atomic E-state index is 12.0. The zero-order chi connectivity index (χ0) is 19.8. The summed E-state index contributed by atoms with van der Waals surface area (Å²) in [4.78, 5) is 18.3. The maximum Gasteiger partial charge on any atom is 0.407 e. The molecule has 2 fully saturated rings. The Morgan fingerprint density at radius 2 is 1.93 bits per heavy atom. The minimum atomic E-state index is -0.558. The standard InChI is InChI=1S/C19H22ClN5O2/c1-19(2,3)27-18(26)23-12-6-7-25(10-12)17-14(9-22)15(11-4-5-11)13(8-21)16(20)24-17/h11-12H,4-7,10H2,1-3H3,(H,23,26). The molecule has 0 aromatic carbocycles. The van der Waals surface area contributed by atoms with Gasteiger partial charge in [0.15, 0.2) is 0 Å². The van der Waals surface area contributed by atoms with Crippen molar-refractivity contribution in [2.24, 2.45) is 0 Å². The molecule has 2 heterocycles. The molecule has 1 saturated heterocycles. The number of anilines is 1. The van der Waals surface area contributed by atoms with Gasteiger partial charge in [0, 0.05) is 13.1 Å². The third-order valence-corrected chi connectivity index (χ3v) is 4.86. The summed E-state index contributed by atoms with van der Waals surface area (Å²) >= 11 is 6.25. The van der Waals surface area contributed by atoms with Crippen LogP contribution < -0.4 is 10.2 Å². The van der Waals surface area contributed by atoms with Gasteiger partial charge in [0.2, 0.25) is 0 Å². The number of amides is 1. The van der Waals surface area contributed by atoms with Crippen LogP contribution in [0.3, 0.4) is 0 Å². The van der Waals surface area contributed by atoms with Crippen molar-refractivity contribution in [3.8, 4) is 12.1 Å². The number of hydrogen-bond donors (Lipinski definition) is 1. The summed E-state index contributed by atoms with van der Waals surface area (Å²) in [5.41, 5.74) is 0.898. The Labute approximate surface area is 163 Å². The largest absolute Gasteiger partial charge is 0.444 e. The summed E-state index contributed by atoms with van der Waals surface area (Å²) in [5, 5.41) is 22.2. The molecule has 1 atom stereocenters. The number of halogens is 1. The molecular formula is C19H22ClN5O2. The number of carbonyl (C=O) groups is 1. The minimum absolute atomic E-state index is 0.105. The Balaban J connectivity index is 1.81. The van der Waals surface area contributed by atoms with E-state index in [0.29, 0.717) is 36.5 Å². The predicted molar refractivity (Wildman–Crippen MR) is 101 cm³/mol. The fourth-order valence-corrected chi connectivity index (χ4v) is 3.56. The fraction of sp³-hybridized carbons (Fsp3) is 0.579. The lowest BCUT2D eigenvalue weighted by Crippen LogP contribution is -2.40. The van der Waals surface area contributed by atoms with E-state index >= 15 is 0 Å². The topological polar surface area (TPSA) is 102 Å². The molecule has 1 N–H and O–H groups in total. The van der Waals surface area contributed by atoms with Crippen molar-refractivity contribution in [2.45, 2.75) is 57.6 Å². The van der Waals surface area contributed by atoms with Gasteiger partial charge < -0.3 is 15.0 Å². The second-order valence-electron chi connectivity index (χ2n) is 7.97. The van der Waals surface area contributed by atoms with Crippen LogP contribution >= 0.6 is 11.6 Å². The molecule has 0 radical (unpaired) electrons. The normalized spacial score (nSPS) is 19.3. The van der Waals surface area contributed by atoms with Gasteiger partial charge >= 0.3 is 6.09 Å². The van der Waals surface area contributed by atoms with Crippen LogP contribution in [0.4, 0.5) is 10.6 Å². The van der Waals surface area contributed by atoms with Crippen molar-refractivity contribution in [2.75, 3.05) is 18.0 Å². The number of carbonyl (C=O) groups excluding carboxylic acids is 1. The number of nitrogens with zero attached hydrogens (tertiary/aromatic N) is 4. The van der Waals surface area contributed by atoms with Crippen molar-refractivity contribution in [1.29, 1.82) is 10.5 Å². The maximum absolute atomic E-state index is 12.0. The monoisotopic (exact) mass is 387 g/mol. The van der Waals surface area contributed by atoms with Crippen LogP contribution in [-0.4, -0.2) is 35.8 Å². The molecule has 27 heavy (non-hydrogen) atoms. The first-order valence-electron chi connectivity index (χ1n) is 9.01. The quantitative estimate of drug-likeness (QED) is 0.797. The lowest BCUT2D eigenvalue weighted by Gasteiger charge is -2.23. The van der Waals surface area contributed by atoms with E-state index in [0.717, 1.165) is 18.4 Å². The van der Waals surface area contributed by atoms with E-state index in [9.17, 15) is 15.3 Å². The van der Waals surface area contributed by atoms with Crippen LogP contribution in [0.25, 0.3) is 0 Å². The molecule has 1 aromatic heterocycles. The first-order valence-corrected chi connectivity index (χ1v) is 9.39. The number of aromatic nitrogens is 1. The number of pyridine rings is 1. The molecule has 1 saturated carbocycles. The molecule has 1 aliphatic heterocycles. The van der Waals surface area contributed by atoms with Crippen LogP contribution in [0.2, 0.25) is 5.15 Å². The van der Waals surface area contributed by atoms with Gasteiger partial charge in [0.25, 0.3) is 0 Å². The summed E-state index contributed by atoms with van der Waals surface area (Å²) in [7, 11) is 0. The number of alkyl carbamates (subject to hydrolysis) is 1. The van der Waals surface area contributed by atoms with Gasteiger partial charge in [-0.15, -0.1) is 0 Å². The lowest BCUT2D eigenvalue weighted by atomic mass is 10.00. The van der Waals surface area contributed by atoms with Gasteiger partial charge in [0.05, 0.1) is 17.2 Å². The molecule has 0 spiro atoms. The molecule has 142 valence electrons. The Morgan fingerprint density at radius 3 is 2.48 bits per heavy atom. The van der Waals surface area contributed by atoms with Gasteiger partial charge in [0.1, 0.15) is 28.7 Å². The Bertz CT molecular complexity index is 846. The van der Waals surface area contributed by atoms with E-state index in [2.05, 4.69) is 22.4 Å². The van der Waals surface area contributed by atoms with Gasteiger partial charge in [-0.05, 0) is 51.5 Å². The second-order valence-corrected chi connectivity index (χ2v) is 8.32. The molecule has 1 amide bonds. The van der Waals surface area contributed by atoms with E-state index in [1.165, 1.54) is 0 Å². The zero-order valence-corrected chi connectivity index (χ0v) is 16.4. The predicted octanol–water partition coefficient (Wildman–Crippen LogP) is 3.46. The van der Waals surface area contributed by atoms with Crippen LogP contribution in [0.5, 0.6) is 0 Å². The van der Waals surface area contributed by atoms with Gasteiger partial charge in [-0.1, -0.05) is 11.6 Å². The highest BCUT2D eigenvalue weighted by Gasteiger charge is 2.35. The Morgan fingerprint density at radius 1 is 1.26 bits per heavy atom. The van der Waals surface area contributed by atoms with Crippen LogP contribution in [0, 0.1) is 22.7 Å². The molecule has 1 aliphatic carbocycles. The number of ether oxygens (including phenoxy) is 1. The van der Waals surface area contributed by atoms with E-state index in [1.807, 2.05) is 25.7 Å². The Kier molecular flexibility index (Phi) is 5.17. The molecule has 1 aromatic rings. The van der Waals surface area contributed by atoms with Gasteiger partial charge in [-0.25, -0.2) is 9.78 Å². The highest BCUT2D eigenvalue weighted by Crippen LogP contribution is 2.46. The molecule has 8 heteroatoms. The van der Waals surface area contributed by atoms with Crippen molar-refractivity contribution in [3.05, 3.63) is 21.8 Å². The molecular weight excluding hydrogens is 366 g/mol.